The van der Waals surface area contributed by atoms with Crippen molar-refractivity contribution in [1.29, 1.82) is 0 Å². The van der Waals surface area contributed by atoms with Crippen molar-refractivity contribution in [2.75, 3.05) is 13.9 Å². The number of aliphatic hydroxyl groups is 1. The molecule has 0 aliphatic carbocycles. The number of benzene rings is 1. The predicted molar refractivity (Wildman–Crippen MR) is 57.9 cm³/mol. The highest BCUT2D eigenvalue weighted by Crippen LogP contribution is 2.31. The van der Waals surface area contributed by atoms with E-state index < -0.39 is 12.8 Å². The van der Waals surface area contributed by atoms with Gasteiger partial charge >= 0.3 is 5.97 Å². The topological polar surface area (TPSA) is 55.8 Å². The van der Waals surface area contributed by atoms with E-state index >= 15 is 0 Å². The molecule has 1 N–H and O–H groups in total. The van der Waals surface area contributed by atoms with Crippen molar-refractivity contribution >= 4 is 21.9 Å². The van der Waals surface area contributed by atoms with E-state index in [9.17, 15) is 4.79 Å². The zero-order chi connectivity index (χ0) is 11.4. The van der Waals surface area contributed by atoms with Crippen molar-refractivity contribution < 1.29 is 19.4 Å². The smallest absolute Gasteiger partial charge is 0.341 e. The second kappa shape index (κ2) is 5.14. The van der Waals surface area contributed by atoms with E-state index in [1.807, 2.05) is 0 Å². The summed E-state index contributed by atoms with van der Waals surface area (Å²) in [5.41, 5.74) is 1.12. The Hall–Kier alpha value is -1.07. The van der Waals surface area contributed by atoms with Crippen LogP contribution < -0.4 is 4.74 Å². The number of hydrogen-bond donors (Lipinski definition) is 1. The Kier molecular flexibility index (Phi) is 4.11. The summed E-state index contributed by atoms with van der Waals surface area (Å²) < 4.78 is 10.1. The van der Waals surface area contributed by atoms with Gasteiger partial charge in [0, 0.05) is 0 Å². The average Bonchev–Trinajstić information content (AvgIpc) is 2.18. The zero-order valence-corrected chi connectivity index (χ0v) is 10.00. The predicted octanol–water partition coefficient (Wildman–Crippen LogP) is 1.87. The zero-order valence-electron chi connectivity index (χ0n) is 8.41. The first-order valence-electron chi connectivity index (χ1n) is 4.23. The van der Waals surface area contributed by atoms with Gasteiger partial charge in [0.15, 0.2) is 6.79 Å². The SMILES string of the molecule is COc1ccc(C)c(C(=O)OCO)c1Br. The highest BCUT2D eigenvalue weighted by molar-refractivity contribution is 9.10. The lowest BCUT2D eigenvalue weighted by Crippen LogP contribution is -2.09. The summed E-state index contributed by atoms with van der Waals surface area (Å²) in [4.78, 5) is 11.5. The lowest BCUT2D eigenvalue weighted by Gasteiger charge is -2.10. The molecule has 0 bridgehead atoms. The molecule has 1 aromatic rings. The molecule has 0 unspecified atom stereocenters. The minimum Gasteiger partial charge on any atom is -0.496 e. The average molecular weight is 275 g/mol. The minimum absolute atomic E-state index is 0.364. The number of aryl methyl sites for hydroxylation is 1. The molecule has 0 radical (unpaired) electrons. The van der Waals surface area contributed by atoms with Gasteiger partial charge in [-0.25, -0.2) is 4.79 Å². The van der Waals surface area contributed by atoms with Crippen LogP contribution in [0.4, 0.5) is 0 Å². The van der Waals surface area contributed by atoms with E-state index in [-0.39, 0.29) is 0 Å². The number of methoxy groups -OCH3 is 1. The summed E-state index contributed by atoms with van der Waals surface area (Å²) in [7, 11) is 1.51. The molecule has 4 nitrogen and oxygen atoms in total. The standard InChI is InChI=1S/C10H11BrO4/c1-6-3-4-7(14-2)9(11)8(6)10(13)15-5-12/h3-4,12H,5H2,1-2H3. The second-order valence-electron chi connectivity index (χ2n) is 2.83. The summed E-state index contributed by atoms with van der Waals surface area (Å²) in [5, 5.41) is 8.52. The van der Waals surface area contributed by atoms with E-state index in [1.54, 1.807) is 19.1 Å². The Labute approximate surface area is 95.9 Å². The molecule has 15 heavy (non-hydrogen) atoms. The van der Waals surface area contributed by atoms with Crippen LogP contribution in [0, 0.1) is 6.92 Å². The lowest BCUT2D eigenvalue weighted by atomic mass is 10.1. The number of rotatable bonds is 3. The van der Waals surface area contributed by atoms with Crippen LogP contribution in [0.5, 0.6) is 5.75 Å². The van der Waals surface area contributed by atoms with Gasteiger partial charge in [-0.05, 0) is 34.5 Å². The molecule has 0 heterocycles. The number of carbonyl (C=O) groups is 1. The van der Waals surface area contributed by atoms with Crippen LogP contribution in [0.2, 0.25) is 0 Å². The van der Waals surface area contributed by atoms with Crippen LogP contribution in [0.25, 0.3) is 0 Å². The molecule has 0 fully saturated rings. The summed E-state index contributed by atoms with van der Waals surface area (Å²) in [5.74, 6) is -0.0359. The number of halogens is 1. The third kappa shape index (κ3) is 2.49. The van der Waals surface area contributed by atoms with Gasteiger partial charge in [-0.3, -0.25) is 0 Å². The van der Waals surface area contributed by atoms with E-state index in [0.717, 1.165) is 5.56 Å². The van der Waals surface area contributed by atoms with Crippen LogP contribution in [-0.4, -0.2) is 25.0 Å². The lowest BCUT2D eigenvalue weighted by molar-refractivity contribution is 0.00664. The second-order valence-corrected chi connectivity index (χ2v) is 3.63. The van der Waals surface area contributed by atoms with Gasteiger partial charge in [0.2, 0.25) is 0 Å². The van der Waals surface area contributed by atoms with Crippen LogP contribution in [0.3, 0.4) is 0 Å². The largest absolute Gasteiger partial charge is 0.496 e. The molecular formula is C10H11BrO4. The Morgan fingerprint density at radius 1 is 1.53 bits per heavy atom. The number of ether oxygens (including phenoxy) is 2. The van der Waals surface area contributed by atoms with E-state index in [4.69, 9.17) is 9.84 Å². The molecule has 0 saturated carbocycles. The first kappa shape index (κ1) is 12.0. The summed E-state index contributed by atoms with van der Waals surface area (Å²) in [6, 6.07) is 3.49. The molecule has 1 rings (SSSR count). The molecule has 0 amide bonds. The highest BCUT2D eigenvalue weighted by Gasteiger charge is 2.17. The third-order valence-electron chi connectivity index (χ3n) is 1.93. The minimum atomic E-state index is -0.637. The molecule has 82 valence electrons. The first-order chi connectivity index (χ1) is 7.11. The van der Waals surface area contributed by atoms with E-state index in [0.29, 0.717) is 15.8 Å². The van der Waals surface area contributed by atoms with Crippen molar-refractivity contribution in [3.8, 4) is 5.75 Å². The van der Waals surface area contributed by atoms with Gasteiger partial charge in [0.25, 0.3) is 0 Å². The molecule has 0 aromatic heterocycles. The van der Waals surface area contributed by atoms with Gasteiger partial charge < -0.3 is 14.6 Å². The fraction of sp³-hybridized carbons (Fsp3) is 0.300. The molecule has 1 aromatic carbocycles. The van der Waals surface area contributed by atoms with Crippen molar-refractivity contribution in [3.05, 3.63) is 27.7 Å². The van der Waals surface area contributed by atoms with Crippen LogP contribution >= 0.6 is 15.9 Å². The van der Waals surface area contributed by atoms with Crippen LogP contribution in [0.1, 0.15) is 15.9 Å². The molecule has 0 saturated heterocycles. The van der Waals surface area contributed by atoms with Gasteiger partial charge in [0.1, 0.15) is 5.75 Å². The number of esters is 1. The highest BCUT2D eigenvalue weighted by atomic mass is 79.9. The molecule has 0 aliphatic rings. The van der Waals surface area contributed by atoms with Crippen LogP contribution in [-0.2, 0) is 4.74 Å². The maximum absolute atomic E-state index is 11.5. The quantitative estimate of drug-likeness (QED) is 0.676. The molecule has 5 heteroatoms. The Balaban J connectivity index is 3.20. The normalized spacial score (nSPS) is 9.87. The van der Waals surface area contributed by atoms with Crippen molar-refractivity contribution in [2.45, 2.75) is 6.92 Å². The Morgan fingerprint density at radius 3 is 2.73 bits per heavy atom. The summed E-state index contributed by atoms with van der Waals surface area (Å²) in [6.45, 7) is 1.14. The fourth-order valence-corrected chi connectivity index (χ4v) is 1.96. The molecule has 0 aliphatic heterocycles. The van der Waals surface area contributed by atoms with Crippen molar-refractivity contribution in [3.63, 3.8) is 0 Å². The Morgan fingerprint density at radius 2 is 2.20 bits per heavy atom. The molecular weight excluding hydrogens is 264 g/mol. The van der Waals surface area contributed by atoms with Gasteiger partial charge in [-0.1, -0.05) is 6.07 Å². The van der Waals surface area contributed by atoms with E-state index in [2.05, 4.69) is 20.7 Å². The summed E-state index contributed by atoms with van der Waals surface area (Å²) in [6.07, 6.45) is 0. The molecule has 0 atom stereocenters. The maximum Gasteiger partial charge on any atom is 0.341 e. The fourth-order valence-electron chi connectivity index (χ4n) is 1.19. The number of hydrogen-bond acceptors (Lipinski definition) is 4. The first-order valence-corrected chi connectivity index (χ1v) is 5.02. The van der Waals surface area contributed by atoms with Gasteiger partial charge in [-0.15, -0.1) is 0 Å². The van der Waals surface area contributed by atoms with Crippen molar-refractivity contribution in [1.82, 2.24) is 0 Å². The van der Waals surface area contributed by atoms with Gasteiger partial charge in [-0.2, -0.15) is 0 Å². The van der Waals surface area contributed by atoms with E-state index in [1.165, 1.54) is 7.11 Å². The third-order valence-corrected chi connectivity index (χ3v) is 2.72. The van der Waals surface area contributed by atoms with Crippen LogP contribution in [0.15, 0.2) is 16.6 Å². The monoisotopic (exact) mass is 274 g/mol. The maximum atomic E-state index is 11.5. The summed E-state index contributed by atoms with van der Waals surface area (Å²) >= 11 is 3.26. The number of carbonyl (C=O) groups excluding carboxylic acids is 1. The Bertz CT molecular complexity index is 376. The van der Waals surface area contributed by atoms with Crippen molar-refractivity contribution in [2.24, 2.45) is 0 Å². The number of aliphatic hydroxyl groups excluding tert-OH is 1. The van der Waals surface area contributed by atoms with Gasteiger partial charge in [0.05, 0.1) is 17.1 Å². The molecule has 0 spiro atoms.